The van der Waals surface area contributed by atoms with Crippen molar-refractivity contribution in [1.29, 1.82) is 0 Å². The van der Waals surface area contributed by atoms with Crippen LogP contribution in [0.25, 0.3) is 21.3 Å². The average Bonchev–Trinajstić information content (AvgIpc) is 3.33. The molecule has 9 heteroatoms. The summed E-state index contributed by atoms with van der Waals surface area (Å²) >= 11 is 1.46. The minimum absolute atomic E-state index is 0.122. The Balaban J connectivity index is 1.59. The van der Waals surface area contributed by atoms with Crippen molar-refractivity contribution in [2.75, 3.05) is 12.5 Å². The van der Waals surface area contributed by atoms with Gasteiger partial charge < -0.3 is 9.26 Å². The van der Waals surface area contributed by atoms with Gasteiger partial charge in [0.1, 0.15) is 16.9 Å². The zero-order chi connectivity index (χ0) is 20.4. The van der Waals surface area contributed by atoms with Gasteiger partial charge in [-0.15, -0.1) is 11.3 Å². The molecule has 0 saturated carbocycles. The lowest BCUT2D eigenvalue weighted by Crippen LogP contribution is -2.33. The normalized spacial score (nSPS) is 11.0. The van der Waals surface area contributed by atoms with E-state index in [4.69, 9.17) is 9.26 Å². The molecule has 0 unspecified atom stereocenters. The van der Waals surface area contributed by atoms with Crippen molar-refractivity contribution in [1.82, 2.24) is 14.8 Å². The zero-order valence-corrected chi connectivity index (χ0v) is 16.7. The molecule has 4 aromatic rings. The van der Waals surface area contributed by atoms with Crippen molar-refractivity contribution in [3.8, 4) is 17.0 Å². The van der Waals surface area contributed by atoms with Gasteiger partial charge in [0.25, 0.3) is 11.4 Å². The molecule has 0 aliphatic rings. The Morgan fingerprint density at radius 3 is 2.83 bits per heavy atom. The Morgan fingerprint density at radius 2 is 2.10 bits per heavy atom. The number of amides is 1. The lowest BCUT2D eigenvalue weighted by molar-refractivity contribution is -0.117. The van der Waals surface area contributed by atoms with Crippen LogP contribution < -0.4 is 15.7 Å². The fourth-order valence-electron chi connectivity index (χ4n) is 3.07. The first kappa shape index (κ1) is 18.9. The third-order valence-electron chi connectivity index (χ3n) is 4.44. The largest absolute Gasteiger partial charge is 0.479 e. The van der Waals surface area contributed by atoms with Crippen molar-refractivity contribution < 1.29 is 14.1 Å². The summed E-state index contributed by atoms with van der Waals surface area (Å²) < 4.78 is 11.1. The Morgan fingerprint density at radius 1 is 1.31 bits per heavy atom. The van der Waals surface area contributed by atoms with E-state index in [1.54, 1.807) is 6.07 Å². The molecule has 0 aliphatic heterocycles. The molecule has 4 rings (SSSR count). The summed E-state index contributed by atoms with van der Waals surface area (Å²) in [5, 5.41) is 4.19. The van der Waals surface area contributed by atoms with Gasteiger partial charge in [-0.1, -0.05) is 30.3 Å². The van der Waals surface area contributed by atoms with Crippen molar-refractivity contribution in [2.45, 2.75) is 19.8 Å². The molecule has 0 saturated heterocycles. The van der Waals surface area contributed by atoms with Gasteiger partial charge in [0, 0.05) is 29.3 Å². The number of benzene rings is 1. The smallest absolute Gasteiger partial charge is 0.281 e. The summed E-state index contributed by atoms with van der Waals surface area (Å²) in [6.07, 6.45) is 1.79. The van der Waals surface area contributed by atoms with E-state index in [0.717, 1.165) is 20.7 Å². The van der Waals surface area contributed by atoms with Crippen molar-refractivity contribution in [2.24, 2.45) is 0 Å². The molecular weight excluding hydrogens is 392 g/mol. The second-order valence-corrected chi connectivity index (χ2v) is 7.57. The highest BCUT2D eigenvalue weighted by Crippen LogP contribution is 2.35. The third-order valence-corrected chi connectivity index (χ3v) is 5.45. The quantitative estimate of drug-likeness (QED) is 0.524. The van der Waals surface area contributed by atoms with Crippen molar-refractivity contribution >= 4 is 27.5 Å². The van der Waals surface area contributed by atoms with Gasteiger partial charge >= 0.3 is 0 Å². The summed E-state index contributed by atoms with van der Waals surface area (Å²) in [6, 6.07) is 11.3. The number of aryl methyl sites for hydroxylation is 2. The molecule has 0 radical (unpaired) electrons. The van der Waals surface area contributed by atoms with Crippen LogP contribution in [0.5, 0.6) is 5.88 Å². The van der Waals surface area contributed by atoms with Gasteiger partial charge in [-0.25, -0.2) is 9.66 Å². The zero-order valence-electron chi connectivity index (χ0n) is 15.8. The predicted octanol–water partition coefficient (Wildman–Crippen LogP) is 3.13. The standard InChI is InChI=1S/C20H18N4O4S/c1-12-17(13-6-4-3-5-7-13)18-19(29-12)21-11-24(20(18)26)22-15(25)9-8-14-10-16(27-2)23-28-14/h3-7,10-11H,8-9H2,1-2H3,(H,22,25). The van der Waals surface area contributed by atoms with Gasteiger partial charge in [-0.3, -0.25) is 15.0 Å². The van der Waals surface area contributed by atoms with E-state index < -0.39 is 0 Å². The second kappa shape index (κ2) is 7.88. The number of rotatable bonds is 6. The Bertz CT molecular complexity index is 1230. The fourth-order valence-corrected chi connectivity index (χ4v) is 4.07. The molecule has 29 heavy (non-hydrogen) atoms. The molecule has 8 nitrogen and oxygen atoms in total. The van der Waals surface area contributed by atoms with Crippen LogP contribution in [-0.2, 0) is 11.2 Å². The molecule has 0 spiro atoms. The van der Waals surface area contributed by atoms with Crippen molar-refractivity contribution in [3.63, 3.8) is 0 Å². The molecule has 1 N–H and O–H groups in total. The average molecular weight is 410 g/mol. The summed E-state index contributed by atoms with van der Waals surface area (Å²) in [7, 11) is 1.49. The lowest BCUT2D eigenvalue weighted by atomic mass is 10.0. The monoisotopic (exact) mass is 410 g/mol. The molecule has 148 valence electrons. The maximum Gasteiger partial charge on any atom is 0.281 e. The molecule has 1 aromatic carbocycles. The van der Waals surface area contributed by atoms with Crippen LogP contribution in [0.15, 0.2) is 52.0 Å². The number of carbonyl (C=O) groups is 1. The van der Waals surface area contributed by atoms with Crippen LogP contribution in [0.2, 0.25) is 0 Å². The number of aromatic nitrogens is 3. The molecule has 0 bridgehead atoms. The Hall–Kier alpha value is -3.46. The molecule has 0 fully saturated rings. The fraction of sp³-hybridized carbons (Fsp3) is 0.200. The second-order valence-electron chi connectivity index (χ2n) is 6.37. The van der Waals surface area contributed by atoms with Crippen LogP contribution in [0.1, 0.15) is 17.1 Å². The molecule has 0 atom stereocenters. The van der Waals surface area contributed by atoms with Crippen LogP contribution >= 0.6 is 11.3 Å². The number of hydrogen-bond donors (Lipinski definition) is 1. The number of nitrogens with zero attached hydrogens (tertiary/aromatic N) is 3. The van der Waals surface area contributed by atoms with Gasteiger partial charge in [0.15, 0.2) is 0 Å². The van der Waals surface area contributed by atoms with Gasteiger partial charge in [0.2, 0.25) is 5.91 Å². The van der Waals surface area contributed by atoms with E-state index >= 15 is 0 Å². The van der Waals surface area contributed by atoms with E-state index in [2.05, 4.69) is 15.6 Å². The van der Waals surface area contributed by atoms with Crippen LogP contribution in [0.3, 0.4) is 0 Å². The first-order valence-electron chi connectivity index (χ1n) is 8.92. The molecule has 3 aromatic heterocycles. The van der Waals surface area contributed by atoms with Crippen LogP contribution in [0.4, 0.5) is 0 Å². The summed E-state index contributed by atoms with van der Waals surface area (Å²) in [4.78, 5) is 31.4. The molecular formula is C20H18N4O4S. The summed E-state index contributed by atoms with van der Waals surface area (Å²) in [5.74, 6) is 0.544. The number of methoxy groups -OCH3 is 1. The molecule has 1 amide bonds. The minimum Gasteiger partial charge on any atom is -0.479 e. The first-order valence-corrected chi connectivity index (χ1v) is 9.74. The van der Waals surface area contributed by atoms with E-state index in [1.807, 2.05) is 37.3 Å². The maximum absolute atomic E-state index is 13.1. The minimum atomic E-state index is -0.336. The van der Waals surface area contributed by atoms with E-state index in [1.165, 1.54) is 24.8 Å². The number of fused-ring (bicyclic) bond motifs is 1. The lowest BCUT2D eigenvalue weighted by Gasteiger charge is -2.08. The predicted molar refractivity (Wildman–Crippen MR) is 110 cm³/mol. The molecule has 3 heterocycles. The maximum atomic E-state index is 13.1. The Labute approximate surface area is 169 Å². The van der Waals surface area contributed by atoms with E-state index in [9.17, 15) is 9.59 Å². The third kappa shape index (κ3) is 3.77. The first-order chi connectivity index (χ1) is 14.1. The van der Waals surface area contributed by atoms with Gasteiger partial charge in [0.05, 0.1) is 12.5 Å². The topological polar surface area (TPSA) is 99.2 Å². The number of ether oxygens (including phenoxy) is 1. The van der Waals surface area contributed by atoms with Gasteiger partial charge in [-0.2, -0.15) is 0 Å². The van der Waals surface area contributed by atoms with E-state index in [0.29, 0.717) is 28.3 Å². The number of carbonyl (C=O) groups excluding carboxylic acids is 1. The van der Waals surface area contributed by atoms with Crippen molar-refractivity contribution in [3.05, 3.63) is 63.7 Å². The van der Waals surface area contributed by atoms with Gasteiger partial charge in [-0.05, 0) is 17.6 Å². The van der Waals surface area contributed by atoms with E-state index in [-0.39, 0.29) is 17.9 Å². The Kier molecular flexibility index (Phi) is 5.13. The van der Waals surface area contributed by atoms with Crippen LogP contribution in [0, 0.1) is 6.92 Å². The molecule has 0 aliphatic carbocycles. The summed E-state index contributed by atoms with van der Waals surface area (Å²) in [5.41, 5.74) is 4.07. The number of nitrogens with one attached hydrogen (secondary N) is 1. The highest BCUT2D eigenvalue weighted by atomic mass is 32.1. The number of hydrogen-bond acceptors (Lipinski definition) is 7. The number of thiophene rings is 1. The van der Waals surface area contributed by atoms with Crippen LogP contribution in [-0.4, -0.2) is 27.8 Å². The highest BCUT2D eigenvalue weighted by Gasteiger charge is 2.17. The SMILES string of the molecule is COc1cc(CCC(=O)Nn2cnc3sc(C)c(-c4ccccc4)c3c2=O)on1. The summed E-state index contributed by atoms with van der Waals surface area (Å²) in [6.45, 7) is 1.96. The highest BCUT2D eigenvalue weighted by molar-refractivity contribution is 7.19.